The molecular weight excluding hydrogens is 234 g/mol. The normalized spacial score (nSPS) is 16.4. The summed E-state index contributed by atoms with van der Waals surface area (Å²) in [6.07, 6.45) is 1.75. The Bertz CT molecular complexity index is 535. The minimum absolute atomic E-state index is 0.741. The summed E-state index contributed by atoms with van der Waals surface area (Å²) in [6, 6.07) is 8.15. The number of benzene rings is 1. The van der Waals surface area contributed by atoms with Gasteiger partial charge in [-0.15, -0.1) is 0 Å². The summed E-state index contributed by atoms with van der Waals surface area (Å²) >= 11 is 6.31. The average molecular weight is 248 g/mol. The molecule has 0 radical (unpaired) electrons. The Morgan fingerprint density at radius 2 is 1.94 bits per heavy atom. The lowest BCUT2D eigenvalue weighted by Crippen LogP contribution is -2.43. The lowest BCUT2D eigenvalue weighted by atomic mass is 10.1. The van der Waals surface area contributed by atoms with Gasteiger partial charge in [0, 0.05) is 37.8 Å². The summed E-state index contributed by atoms with van der Waals surface area (Å²) in [7, 11) is 0. The van der Waals surface area contributed by atoms with Crippen molar-refractivity contribution in [2.75, 3.05) is 31.1 Å². The molecule has 1 aromatic carbocycles. The van der Waals surface area contributed by atoms with Crippen LogP contribution in [-0.2, 0) is 0 Å². The number of nitrogens with one attached hydrogen (secondary N) is 1. The Hall–Kier alpha value is -1.32. The highest BCUT2D eigenvalue weighted by Gasteiger charge is 2.16. The molecule has 0 saturated carbocycles. The highest BCUT2D eigenvalue weighted by atomic mass is 35.5. The molecule has 1 N–H and O–H groups in total. The first-order valence-electron chi connectivity index (χ1n) is 5.85. The Balaban J connectivity index is 2.15. The Morgan fingerprint density at radius 3 is 2.76 bits per heavy atom. The molecule has 1 fully saturated rings. The summed E-state index contributed by atoms with van der Waals surface area (Å²) in [4.78, 5) is 6.70. The summed E-state index contributed by atoms with van der Waals surface area (Å²) in [5.41, 5.74) is 2.13. The van der Waals surface area contributed by atoms with Gasteiger partial charge in [-0.3, -0.25) is 4.98 Å². The van der Waals surface area contributed by atoms with Gasteiger partial charge < -0.3 is 10.2 Å². The number of hydrogen-bond donors (Lipinski definition) is 1. The van der Waals surface area contributed by atoms with Gasteiger partial charge in [0.25, 0.3) is 0 Å². The Morgan fingerprint density at radius 1 is 1.18 bits per heavy atom. The summed E-state index contributed by atoms with van der Waals surface area (Å²) in [5.74, 6) is 0. The van der Waals surface area contributed by atoms with Crippen molar-refractivity contribution in [3.05, 3.63) is 35.5 Å². The second-order valence-corrected chi connectivity index (χ2v) is 4.62. The van der Waals surface area contributed by atoms with Crippen molar-refractivity contribution in [3.8, 4) is 0 Å². The van der Waals surface area contributed by atoms with E-state index in [1.165, 1.54) is 0 Å². The van der Waals surface area contributed by atoms with E-state index >= 15 is 0 Å². The van der Waals surface area contributed by atoms with E-state index in [9.17, 15) is 0 Å². The third-order valence-electron chi connectivity index (χ3n) is 3.14. The summed E-state index contributed by atoms with van der Waals surface area (Å²) in [5, 5.41) is 5.23. The van der Waals surface area contributed by atoms with Crippen molar-refractivity contribution in [1.29, 1.82) is 0 Å². The van der Waals surface area contributed by atoms with Crippen LogP contribution >= 0.6 is 11.6 Å². The van der Waals surface area contributed by atoms with Crippen molar-refractivity contribution in [2.24, 2.45) is 0 Å². The van der Waals surface area contributed by atoms with Crippen molar-refractivity contribution in [1.82, 2.24) is 10.3 Å². The van der Waals surface area contributed by atoms with E-state index in [0.717, 1.165) is 47.8 Å². The van der Waals surface area contributed by atoms with E-state index in [-0.39, 0.29) is 0 Å². The maximum atomic E-state index is 6.31. The molecule has 1 saturated heterocycles. The molecule has 1 aliphatic heterocycles. The lowest BCUT2D eigenvalue weighted by molar-refractivity contribution is 0.590. The first-order valence-corrected chi connectivity index (χ1v) is 6.23. The van der Waals surface area contributed by atoms with Crippen molar-refractivity contribution in [3.63, 3.8) is 0 Å². The zero-order valence-corrected chi connectivity index (χ0v) is 10.2. The number of rotatable bonds is 1. The molecule has 88 valence electrons. The number of nitrogens with zero attached hydrogens (tertiary/aromatic N) is 2. The molecule has 0 bridgehead atoms. The maximum absolute atomic E-state index is 6.31. The van der Waals surface area contributed by atoms with Crippen LogP contribution in [0.1, 0.15) is 0 Å². The van der Waals surface area contributed by atoms with Gasteiger partial charge in [-0.1, -0.05) is 29.8 Å². The number of halogens is 1. The molecule has 0 spiro atoms. The number of hydrogen-bond acceptors (Lipinski definition) is 3. The number of aromatic nitrogens is 1. The van der Waals surface area contributed by atoms with E-state index in [2.05, 4.69) is 21.3 Å². The van der Waals surface area contributed by atoms with Gasteiger partial charge in [-0.05, 0) is 6.07 Å². The predicted octanol–water partition coefficient (Wildman–Crippen LogP) is 2.30. The molecule has 0 amide bonds. The number of para-hydroxylation sites is 1. The van der Waals surface area contributed by atoms with Crippen molar-refractivity contribution < 1.29 is 0 Å². The number of pyridine rings is 1. The molecule has 2 heterocycles. The fourth-order valence-electron chi connectivity index (χ4n) is 2.31. The highest BCUT2D eigenvalue weighted by Crippen LogP contribution is 2.32. The first kappa shape index (κ1) is 10.8. The fraction of sp³-hybridized carbons (Fsp3) is 0.308. The zero-order valence-electron chi connectivity index (χ0n) is 9.49. The van der Waals surface area contributed by atoms with Gasteiger partial charge in [-0.25, -0.2) is 0 Å². The lowest BCUT2D eigenvalue weighted by Gasteiger charge is -2.31. The summed E-state index contributed by atoms with van der Waals surface area (Å²) < 4.78 is 0. The minimum atomic E-state index is 0.741. The van der Waals surface area contributed by atoms with Gasteiger partial charge in [-0.2, -0.15) is 0 Å². The standard InChI is InChI=1S/C13H14ClN3/c14-11-9-16-12-4-2-1-3-10(12)13(11)17-7-5-15-6-8-17/h1-4,9,15H,5-8H2. The van der Waals surface area contributed by atoms with Gasteiger partial charge in [0.2, 0.25) is 0 Å². The molecule has 4 heteroatoms. The van der Waals surface area contributed by atoms with Crippen LogP contribution in [0.5, 0.6) is 0 Å². The number of anilines is 1. The van der Waals surface area contributed by atoms with Crippen LogP contribution in [0.2, 0.25) is 5.02 Å². The molecule has 0 atom stereocenters. The summed E-state index contributed by atoms with van der Waals surface area (Å²) in [6.45, 7) is 4.00. The number of fused-ring (bicyclic) bond motifs is 1. The van der Waals surface area contributed by atoms with Crippen LogP contribution in [-0.4, -0.2) is 31.2 Å². The zero-order chi connectivity index (χ0) is 11.7. The second-order valence-electron chi connectivity index (χ2n) is 4.21. The third kappa shape index (κ3) is 1.96. The quantitative estimate of drug-likeness (QED) is 0.838. The van der Waals surface area contributed by atoms with Crippen LogP contribution in [0.3, 0.4) is 0 Å². The number of piperazine rings is 1. The van der Waals surface area contributed by atoms with Gasteiger partial charge in [0.05, 0.1) is 16.2 Å². The van der Waals surface area contributed by atoms with Crippen molar-refractivity contribution in [2.45, 2.75) is 0 Å². The van der Waals surface area contributed by atoms with Crippen LogP contribution < -0.4 is 10.2 Å². The molecule has 3 rings (SSSR count). The molecular formula is C13H14ClN3. The van der Waals surface area contributed by atoms with Gasteiger partial charge in [0.15, 0.2) is 0 Å². The third-order valence-corrected chi connectivity index (χ3v) is 3.41. The highest BCUT2D eigenvalue weighted by molar-refractivity contribution is 6.34. The van der Waals surface area contributed by atoms with Gasteiger partial charge in [0.1, 0.15) is 0 Å². The van der Waals surface area contributed by atoms with Crippen LogP contribution in [0.4, 0.5) is 5.69 Å². The maximum Gasteiger partial charge on any atom is 0.0829 e. The Kier molecular flexibility index (Phi) is 2.87. The van der Waals surface area contributed by atoms with E-state index in [4.69, 9.17) is 11.6 Å². The van der Waals surface area contributed by atoms with Crippen LogP contribution in [0.15, 0.2) is 30.5 Å². The molecule has 17 heavy (non-hydrogen) atoms. The smallest absolute Gasteiger partial charge is 0.0829 e. The topological polar surface area (TPSA) is 28.2 Å². The first-order chi connectivity index (χ1) is 8.36. The van der Waals surface area contributed by atoms with Crippen LogP contribution in [0.25, 0.3) is 10.9 Å². The SMILES string of the molecule is Clc1cnc2ccccc2c1N1CCNCC1. The molecule has 3 nitrogen and oxygen atoms in total. The largest absolute Gasteiger partial charge is 0.367 e. The van der Waals surface area contributed by atoms with E-state index in [1.54, 1.807) is 6.20 Å². The molecule has 1 aliphatic rings. The molecule has 0 unspecified atom stereocenters. The molecule has 0 aliphatic carbocycles. The van der Waals surface area contributed by atoms with Gasteiger partial charge >= 0.3 is 0 Å². The van der Waals surface area contributed by atoms with E-state index in [0.29, 0.717) is 0 Å². The monoisotopic (exact) mass is 247 g/mol. The van der Waals surface area contributed by atoms with Crippen molar-refractivity contribution >= 4 is 28.2 Å². The average Bonchev–Trinajstić information content (AvgIpc) is 2.39. The van der Waals surface area contributed by atoms with Crippen LogP contribution in [0, 0.1) is 0 Å². The van der Waals surface area contributed by atoms with E-state index < -0.39 is 0 Å². The molecule has 1 aromatic heterocycles. The fourth-order valence-corrected chi connectivity index (χ4v) is 2.58. The Labute approximate surface area is 105 Å². The molecule has 2 aromatic rings. The predicted molar refractivity (Wildman–Crippen MR) is 71.8 cm³/mol. The van der Waals surface area contributed by atoms with E-state index in [1.807, 2.05) is 18.2 Å². The minimum Gasteiger partial charge on any atom is -0.367 e. The second kappa shape index (κ2) is 4.51.